The molecule has 0 fully saturated rings. The summed E-state index contributed by atoms with van der Waals surface area (Å²) in [5.41, 5.74) is 0. The first kappa shape index (κ1) is 8.87. The van der Waals surface area contributed by atoms with E-state index >= 15 is 0 Å². The number of esters is 1. The Hall–Kier alpha value is -1.13. The van der Waals surface area contributed by atoms with E-state index in [4.69, 9.17) is 0 Å². The number of nitro groups is 1. The van der Waals surface area contributed by atoms with Gasteiger partial charge in [0.25, 0.3) is 0 Å². The SMILES string of the molecule is COC(=O)[C@H](C)C[N+](=O)[O-]. The molecule has 10 heavy (non-hydrogen) atoms. The zero-order valence-electron chi connectivity index (χ0n) is 5.86. The molecule has 0 saturated carbocycles. The summed E-state index contributed by atoms with van der Waals surface area (Å²) in [7, 11) is 1.21. The monoisotopic (exact) mass is 147 g/mol. The summed E-state index contributed by atoms with van der Waals surface area (Å²) in [6.07, 6.45) is 0. The van der Waals surface area contributed by atoms with Gasteiger partial charge in [-0.25, -0.2) is 0 Å². The first-order valence-corrected chi connectivity index (χ1v) is 2.77. The Kier molecular flexibility index (Phi) is 3.38. The zero-order chi connectivity index (χ0) is 8.15. The van der Waals surface area contributed by atoms with E-state index in [1.54, 1.807) is 0 Å². The van der Waals surface area contributed by atoms with Crippen molar-refractivity contribution in [2.24, 2.45) is 5.92 Å². The summed E-state index contributed by atoms with van der Waals surface area (Å²) < 4.78 is 4.27. The number of methoxy groups -OCH3 is 1. The lowest BCUT2D eigenvalue weighted by Gasteiger charge is -2.01. The number of rotatable bonds is 3. The maximum atomic E-state index is 10.5. The Labute approximate surface area is 58.1 Å². The minimum atomic E-state index is -0.653. The molecule has 5 heteroatoms. The van der Waals surface area contributed by atoms with Crippen LogP contribution in [-0.2, 0) is 9.53 Å². The molecule has 0 aliphatic rings. The average molecular weight is 147 g/mol. The zero-order valence-corrected chi connectivity index (χ0v) is 5.86. The van der Waals surface area contributed by atoms with Crippen LogP contribution in [-0.4, -0.2) is 24.5 Å². The molecule has 1 atom stereocenters. The number of hydrogen-bond acceptors (Lipinski definition) is 4. The highest BCUT2D eigenvalue weighted by Crippen LogP contribution is 1.96. The van der Waals surface area contributed by atoms with Crippen molar-refractivity contribution in [2.75, 3.05) is 13.7 Å². The fraction of sp³-hybridized carbons (Fsp3) is 0.800. The fourth-order valence-electron chi connectivity index (χ4n) is 0.499. The Morgan fingerprint density at radius 2 is 2.30 bits per heavy atom. The smallest absolute Gasteiger partial charge is 0.315 e. The van der Waals surface area contributed by atoms with Crippen LogP contribution in [0.1, 0.15) is 6.92 Å². The molecule has 0 aromatic heterocycles. The van der Waals surface area contributed by atoms with E-state index in [0.717, 1.165) is 0 Å². The molecule has 0 aliphatic carbocycles. The van der Waals surface area contributed by atoms with E-state index in [9.17, 15) is 14.9 Å². The number of nitrogens with zero attached hydrogens (tertiary/aromatic N) is 1. The topological polar surface area (TPSA) is 69.4 Å². The number of carbonyl (C=O) groups excluding carboxylic acids is 1. The van der Waals surface area contributed by atoms with Crippen molar-refractivity contribution in [1.29, 1.82) is 0 Å². The lowest BCUT2D eigenvalue weighted by Crippen LogP contribution is -2.21. The quantitative estimate of drug-likeness (QED) is 0.322. The third-order valence-corrected chi connectivity index (χ3v) is 1.03. The van der Waals surface area contributed by atoms with Crippen molar-refractivity contribution in [1.82, 2.24) is 0 Å². The second-order valence-corrected chi connectivity index (χ2v) is 1.94. The molecule has 5 nitrogen and oxygen atoms in total. The van der Waals surface area contributed by atoms with Crippen LogP contribution in [0.4, 0.5) is 0 Å². The van der Waals surface area contributed by atoms with Crippen LogP contribution in [0.2, 0.25) is 0 Å². The molecule has 0 heterocycles. The van der Waals surface area contributed by atoms with Gasteiger partial charge in [-0.15, -0.1) is 0 Å². The van der Waals surface area contributed by atoms with E-state index in [0.29, 0.717) is 0 Å². The molecule has 58 valence electrons. The van der Waals surface area contributed by atoms with E-state index in [1.165, 1.54) is 14.0 Å². The lowest BCUT2D eigenvalue weighted by molar-refractivity contribution is -0.485. The van der Waals surface area contributed by atoms with Crippen LogP contribution in [0.25, 0.3) is 0 Å². The maximum Gasteiger partial charge on any atom is 0.315 e. The van der Waals surface area contributed by atoms with Gasteiger partial charge in [-0.3, -0.25) is 14.9 Å². The van der Waals surface area contributed by atoms with E-state index in [-0.39, 0.29) is 6.54 Å². The molecule has 0 aromatic rings. The van der Waals surface area contributed by atoms with Crippen LogP contribution in [0.15, 0.2) is 0 Å². The highest BCUT2D eigenvalue weighted by molar-refractivity contribution is 5.71. The summed E-state index contributed by atoms with van der Waals surface area (Å²) in [6.45, 7) is 1.08. The molecule has 0 spiro atoms. The summed E-state index contributed by atoms with van der Waals surface area (Å²) in [6, 6.07) is 0. The Bertz CT molecular complexity index is 145. The minimum absolute atomic E-state index is 0.368. The average Bonchev–Trinajstić information content (AvgIpc) is 1.85. The fourth-order valence-corrected chi connectivity index (χ4v) is 0.499. The molecule has 0 unspecified atom stereocenters. The molecular formula is C5H9NO4. The third kappa shape index (κ3) is 3.01. The highest BCUT2D eigenvalue weighted by Gasteiger charge is 2.18. The maximum absolute atomic E-state index is 10.5. The summed E-state index contributed by atoms with van der Waals surface area (Å²) in [4.78, 5) is 19.8. The second-order valence-electron chi connectivity index (χ2n) is 1.94. The number of ether oxygens (including phenoxy) is 1. The van der Waals surface area contributed by atoms with Crippen molar-refractivity contribution in [3.8, 4) is 0 Å². The van der Waals surface area contributed by atoms with Gasteiger partial charge in [0.2, 0.25) is 6.54 Å². The Morgan fingerprint density at radius 1 is 1.80 bits per heavy atom. The van der Waals surface area contributed by atoms with E-state index < -0.39 is 16.8 Å². The summed E-state index contributed by atoms with van der Waals surface area (Å²) in [5.74, 6) is -1.20. The summed E-state index contributed by atoms with van der Waals surface area (Å²) in [5, 5.41) is 9.83. The largest absolute Gasteiger partial charge is 0.469 e. The first-order chi connectivity index (χ1) is 4.57. The molecule has 0 rings (SSSR count). The van der Waals surface area contributed by atoms with Crippen molar-refractivity contribution >= 4 is 5.97 Å². The molecular weight excluding hydrogens is 138 g/mol. The Morgan fingerprint density at radius 3 is 2.60 bits per heavy atom. The van der Waals surface area contributed by atoms with Crippen LogP contribution < -0.4 is 0 Å². The molecule has 0 radical (unpaired) electrons. The van der Waals surface area contributed by atoms with Crippen molar-refractivity contribution < 1.29 is 14.5 Å². The van der Waals surface area contributed by atoms with Gasteiger partial charge in [-0.2, -0.15) is 0 Å². The molecule has 0 saturated heterocycles. The van der Waals surface area contributed by atoms with Crippen LogP contribution >= 0.6 is 0 Å². The van der Waals surface area contributed by atoms with Gasteiger partial charge in [-0.1, -0.05) is 0 Å². The molecule has 0 aliphatic heterocycles. The standard InChI is InChI=1S/C5H9NO4/c1-4(3-6(8)9)5(7)10-2/h4H,3H2,1-2H3/t4-/m1/s1. The normalized spacial score (nSPS) is 12.2. The minimum Gasteiger partial charge on any atom is -0.469 e. The number of hydrogen-bond donors (Lipinski definition) is 0. The second kappa shape index (κ2) is 3.81. The predicted octanol–water partition coefficient (Wildman–Crippen LogP) is 0.0722. The van der Waals surface area contributed by atoms with E-state index in [1.807, 2.05) is 0 Å². The van der Waals surface area contributed by atoms with Crippen LogP contribution in [0, 0.1) is 16.0 Å². The summed E-state index contributed by atoms with van der Waals surface area (Å²) >= 11 is 0. The van der Waals surface area contributed by atoms with Crippen LogP contribution in [0.3, 0.4) is 0 Å². The molecule has 0 N–H and O–H groups in total. The lowest BCUT2D eigenvalue weighted by atomic mass is 10.2. The van der Waals surface area contributed by atoms with Crippen molar-refractivity contribution in [3.63, 3.8) is 0 Å². The van der Waals surface area contributed by atoms with Gasteiger partial charge in [-0.05, 0) is 6.92 Å². The predicted molar refractivity (Wildman–Crippen MR) is 33.0 cm³/mol. The van der Waals surface area contributed by atoms with E-state index in [2.05, 4.69) is 4.74 Å². The highest BCUT2D eigenvalue weighted by atomic mass is 16.6. The molecule has 0 amide bonds. The van der Waals surface area contributed by atoms with Crippen LogP contribution in [0.5, 0.6) is 0 Å². The van der Waals surface area contributed by atoms with Gasteiger partial charge >= 0.3 is 5.97 Å². The van der Waals surface area contributed by atoms with Gasteiger partial charge in [0, 0.05) is 4.92 Å². The third-order valence-electron chi connectivity index (χ3n) is 1.03. The van der Waals surface area contributed by atoms with Gasteiger partial charge < -0.3 is 4.74 Å². The van der Waals surface area contributed by atoms with Crippen molar-refractivity contribution in [3.05, 3.63) is 10.1 Å². The molecule has 0 aromatic carbocycles. The number of carbonyl (C=O) groups is 1. The van der Waals surface area contributed by atoms with Crippen molar-refractivity contribution in [2.45, 2.75) is 6.92 Å². The van der Waals surface area contributed by atoms with Gasteiger partial charge in [0.15, 0.2) is 0 Å². The molecule has 0 bridgehead atoms. The first-order valence-electron chi connectivity index (χ1n) is 2.77. The van der Waals surface area contributed by atoms with Gasteiger partial charge in [0.1, 0.15) is 5.92 Å². The van der Waals surface area contributed by atoms with Gasteiger partial charge in [0.05, 0.1) is 7.11 Å². The Balaban J connectivity index is 3.72.